The van der Waals surface area contributed by atoms with Gasteiger partial charge < -0.3 is 0 Å². The number of nitrogens with one attached hydrogen (secondary N) is 1. The maximum atomic E-state index is 12.1. The van der Waals surface area contributed by atoms with Crippen LogP contribution in [-0.2, 0) is 11.3 Å². The van der Waals surface area contributed by atoms with Gasteiger partial charge in [0.25, 0.3) is 5.91 Å². The first-order valence-corrected chi connectivity index (χ1v) is 8.15. The third-order valence-corrected chi connectivity index (χ3v) is 4.01. The van der Waals surface area contributed by atoms with Crippen LogP contribution in [0.15, 0.2) is 77.4 Å². The van der Waals surface area contributed by atoms with Crippen molar-refractivity contribution in [2.24, 2.45) is 5.10 Å². The molecule has 0 atom stereocenters. The summed E-state index contributed by atoms with van der Waals surface area (Å²) in [6.07, 6.45) is 4.41. The minimum absolute atomic E-state index is 0.110. The van der Waals surface area contributed by atoms with Crippen molar-refractivity contribution in [3.8, 4) is 0 Å². The van der Waals surface area contributed by atoms with Gasteiger partial charge in [0.05, 0.1) is 6.21 Å². The van der Waals surface area contributed by atoms with Crippen molar-refractivity contribution in [3.05, 3.63) is 83.4 Å². The van der Waals surface area contributed by atoms with Crippen LogP contribution in [-0.4, -0.2) is 30.1 Å². The lowest BCUT2D eigenvalue weighted by molar-refractivity contribution is -0.117. The van der Waals surface area contributed by atoms with Crippen LogP contribution in [0, 0.1) is 0 Å². The molecule has 0 saturated carbocycles. The second-order valence-electron chi connectivity index (χ2n) is 5.81. The lowest BCUT2D eigenvalue weighted by Crippen LogP contribution is -2.32. The number of hydrogen-bond donors (Lipinski definition) is 1. The SMILES string of the molecule is O=C(N/N=C/c1ccccc1)C1=CCN(Cc2ccccc2)CC1. The largest absolute Gasteiger partial charge is 0.295 e. The van der Waals surface area contributed by atoms with Crippen LogP contribution in [0.1, 0.15) is 17.5 Å². The summed E-state index contributed by atoms with van der Waals surface area (Å²) in [5.74, 6) is -0.110. The molecule has 0 saturated heterocycles. The Balaban J connectivity index is 1.49. The highest BCUT2D eigenvalue weighted by molar-refractivity contribution is 5.94. The van der Waals surface area contributed by atoms with Crippen molar-refractivity contribution in [3.63, 3.8) is 0 Å². The first-order valence-electron chi connectivity index (χ1n) is 8.15. The van der Waals surface area contributed by atoms with Crippen molar-refractivity contribution in [2.75, 3.05) is 13.1 Å². The minimum atomic E-state index is -0.110. The van der Waals surface area contributed by atoms with Crippen molar-refractivity contribution >= 4 is 12.1 Å². The predicted octanol–water partition coefficient (Wildman–Crippen LogP) is 2.97. The number of rotatable bonds is 5. The normalized spacial score (nSPS) is 15.2. The molecule has 122 valence electrons. The first-order chi connectivity index (χ1) is 11.8. The van der Waals surface area contributed by atoms with Crippen molar-refractivity contribution < 1.29 is 4.79 Å². The van der Waals surface area contributed by atoms with Gasteiger partial charge in [0.1, 0.15) is 0 Å². The summed E-state index contributed by atoms with van der Waals surface area (Å²) < 4.78 is 0. The van der Waals surface area contributed by atoms with Crippen LogP contribution >= 0.6 is 0 Å². The van der Waals surface area contributed by atoms with E-state index in [1.54, 1.807) is 6.21 Å². The molecule has 1 heterocycles. The monoisotopic (exact) mass is 319 g/mol. The Morgan fingerprint density at radius 3 is 2.46 bits per heavy atom. The van der Waals surface area contributed by atoms with Crippen LogP contribution in [0.5, 0.6) is 0 Å². The maximum Gasteiger partial charge on any atom is 0.267 e. The summed E-state index contributed by atoms with van der Waals surface area (Å²) in [6, 6.07) is 20.1. The second-order valence-corrected chi connectivity index (χ2v) is 5.81. The van der Waals surface area contributed by atoms with Gasteiger partial charge in [0.2, 0.25) is 0 Å². The summed E-state index contributed by atoms with van der Waals surface area (Å²) in [7, 11) is 0. The smallest absolute Gasteiger partial charge is 0.267 e. The van der Waals surface area contributed by atoms with Gasteiger partial charge in [0, 0.05) is 25.2 Å². The van der Waals surface area contributed by atoms with E-state index in [1.165, 1.54) is 5.56 Å². The van der Waals surface area contributed by atoms with E-state index in [2.05, 4.69) is 39.7 Å². The van der Waals surface area contributed by atoms with E-state index in [0.29, 0.717) is 0 Å². The van der Waals surface area contributed by atoms with Gasteiger partial charge in [-0.2, -0.15) is 5.10 Å². The molecule has 24 heavy (non-hydrogen) atoms. The minimum Gasteiger partial charge on any atom is -0.295 e. The van der Waals surface area contributed by atoms with Gasteiger partial charge in [-0.3, -0.25) is 9.69 Å². The third kappa shape index (κ3) is 4.64. The number of nitrogens with zero attached hydrogens (tertiary/aromatic N) is 2. The number of hydrazone groups is 1. The Labute approximate surface area is 142 Å². The topological polar surface area (TPSA) is 44.7 Å². The number of carbonyl (C=O) groups is 1. The Bertz CT molecular complexity index is 723. The molecule has 4 nitrogen and oxygen atoms in total. The van der Waals surface area contributed by atoms with E-state index in [-0.39, 0.29) is 5.91 Å². The molecule has 0 bridgehead atoms. The molecule has 0 spiro atoms. The molecule has 1 amide bonds. The molecule has 2 aromatic carbocycles. The molecule has 1 aliphatic rings. The molecule has 1 aliphatic heterocycles. The third-order valence-electron chi connectivity index (χ3n) is 4.01. The average Bonchev–Trinajstić information content (AvgIpc) is 2.64. The molecule has 0 aliphatic carbocycles. The number of hydrogen-bond acceptors (Lipinski definition) is 3. The summed E-state index contributed by atoms with van der Waals surface area (Å²) in [4.78, 5) is 14.5. The Morgan fingerprint density at radius 2 is 1.79 bits per heavy atom. The summed E-state index contributed by atoms with van der Waals surface area (Å²) >= 11 is 0. The second kappa shape index (κ2) is 8.22. The van der Waals surface area contributed by atoms with E-state index in [9.17, 15) is 4.79 Å². The van der Waals surface area contributed by atoms with Gasteiger partial charge in [0.15, 0.2) is 0 Å². The quantitative estimate of drug-likeness (QED) is 0.680. The number of amides is 1. The van der Waals surface area contributed by atoms with Crippen LogP contribution in [0.3, 0.4) is 0 Å². The molecular weight excluding hydrogens is 298 g/mol. The van der Waals surface area contributed by atoms with Gasteiger partial charge in [-0.15, -0.1) is 0 Å². The Morgan fingerprint density at radius 1 is 1.08 bits per heavy atom. The highest BCUT2D eigenvalue weighted by Gasteiger charge is 2.16. The van der Waals surface area contributed by atoms with Gasteiger partial charge in [-0.05, 0) is 17.5 Å². The van der Waals surface area contributed by atoms with Gasteiger partial charge in [-0.1, -0.05) is 66.7 Å². The fourth-order valence-electron chi connectivity index (χ4n) is 2.68. The van der Waals surface area contributed by atoms with E-state index in [0.717, 1.165) is 37.2 Å². The molecule has 0 unspecified atom stereocenters. The lowest BCUT2D eigenvalue weighted by Gasteiger charge is -2.25. The highest BCUT2D eigenvalue weighted by atomic mass is 16.2. The summed E-state index contributed by atoms with van der Waals surface area (Å²) in [5.41, 5.74) is 5.68. The molecule has 1 N–H and O–H groups in total. The van der Waals surface area contributed by atoms with Crippen LogP contribution in [0.2, 0.25) is 0 Å². The summed E-state index contributed by atoms with van der Waals surface area (Å²) in [6.45, 7) is 2.59. The predicted molar refractivity (Wildman–Crippen MR) is 96.6 cm³/mol. The fraction of sp³-hybridized carbons (Fsp3) is 0.200. The zero-order valence-corrected chi connectivity index (χ0v) is 13.6. The van der Waals surface area contributed by atoms with Gasteiger partial charge in [-0.25, -0.2) is 5.43 Å². The number of carbonyl (C=O) groups excluding carboxylic acids is 1. The zero-order chi connectivity index (χ0) is 16.6. The Hall–Kier alpha value is -2.72. The van der Waals surface area contributed by atoms with Crippen molar-refractivity contribution in [1.29, 1.82) is 0 Å². The van der Waals surface area contributed by atoms with E-state index >= 15 is 0 Å². The number of benzene rings is 2. The standard InChI is InChI=1S/C20H21N3O/c24-20(22-21-15-17-7-3-1-4-8-17)19-11-13-23(14-12-19)16-18-9-5-2-6-10-18/h1-11,15H,12-14,16H2,(H,22,24)/b21-15+. The maximum absolute atomic E-state index is 12.1. The molecular formula is C20H21N3O. The molecule has 4 heteroatoms. The van der Waals surface area contributed by atoms with Crippen LogP contribution in [0.25, 0.3) is 0 Å². The van der Waals surface area contributed by atoms with E-state index in [4.69, 9.17) is 0 Å². The average molecular weight is 319 g/mol. The van der Waals surface area contributed by atoms with E-state index < -0.39 is 0 Å². The molecule has 0 aromatic heterocycles. The van der Waals surface area contributed by atoms with Crippen molar-refractivity contribution in [2.45, 2.75) is 13.0 Å². The molecule has 0 fully saturated rings. The Kier molecular flexibility index (Phi) is 5.53. The van der Waals surface area contributed by atoms with Crippen LogP contribution in [0.4, 0.5) is 0 Å². The zero-order valence-electron chi connectivity index (χ0n) is 13.6. The lowest BCUT2D eigenvalue weighted by atomic mass is 10.1. The molecule has 3 rings (SSSR count). The fourth-order valence-corrected chi connectivity index (χ4v) is 2.68. The van der Waals surface area contributed by atoms with Crippen LogP contribution < -0.4 is 5.43 Å². The highest BCUT2D eigenvalue weighted by Crippen LogP contribution is 2.14. The van der Waals surface area contributed by atoms with E-state index in [1.807, 2.05) is 42.5 Å². The molecule has 0 radical (unpaired) electrons. The first kappa shape index (κ1) is 16.1. The van der Waals surface area contributed by atoms with Crippen molar-refractivity contribution in [1.82, 2.24) is 10.3 Å². The van der Waals surface area contributed by atoms with Gasteiger partial charge >= 0.3 is 0 Å². The molecule has 2 aromatic rings. The summed E-state index contributed by atoms with van der Waals surface area (Å²) in [5, 5.41) is 4.02.